The normalized spacial score (nSPS) is 34.3. The Kier molecular flexibility index (Phi) is 0.557. The number of rotatable bonds is 0. The molecule has 2 nitrogen and oxygen atoms in total. The smallest absolute Gasteiger partial charge is 0.0690 e. The van der Waals surface area contributed by atoms with Gasteiger partial charge in [0, 0.05) is 13.1 Å². The highest BCUT2D eigenvalue weighted by molar-refractivity contribution is 5.02. The largest absolute Gasteiger partial charge is 0.298 e. The van der Waals surface area contributed by atoms with Crippen LogP contribution in [0.5, 0.6) is 0 Å². The summed E-state index contributed by atoms with van der Waals surface area (Å²) >= 11 is 0. The van der Waals surface area contributed by atoms with Crippen LogP contribution in [0.3, 0.4) is 0 Å². The number of nitrogens with one attached hydrogen (secondary N) is 2. The maximum atomic E-state index is 3.40. The summed E-state index contributed by atoms with van der Waals surface area (Å²) < 4.78 is 0. The van der Waals surface area contributed by atoms with Gasteiger partial charge in [-0.15, -0.1) is 0 Å². The monoisotopic (exact) mass is 98.1 g/mol. The topological polar surface area (TPSA) is 24.1 Å². The van der Waals surface area contributed by atoms with Crippen molar-refractivity contribution in [3.8, 4) is 0 Å². The molecule has 2 rings (SSSR count). The molecule has 0 aromatic rings. The quantitative estimate of drug-likeness (QED) is 0.433. The van der Waals surface area contributed by atoms with Crippen LogP contribution < -0.4 is 10.6 Å². The molecule has 1 heterocycles. The highest BCUT2D eigenvalue weighted by Crippen LogP contribution is 2.33. The van der Waals surface area contributed by atoms with E-state index in [0.717, 1.165) is 0 Å². The molecule has 0 aromatic heterocycles. The average Bonchev–Trinajstić information content (AvgIpc) is 2.15. The van der Waals surface area contributed by atoms with Crippen molar-refractivity contribution < 1.29 is 0 Å². The zero-order chi connectivity index (χ0) is 4.74. The highest BCUT2D eigenvalue weighted by atomic mass is 15.3. The third-order valence-electron chi connectivity index (χ3n) is 1.80. The standard InChI is InChI=1S/C5H10N2/c1-2-5(1)6-3-4-7-5/h6-7H,1-4H2. The van der Waals surface area contributed by atoms with Gasteiger partial charge in [-0.05, 0) is 12.8 Å². The average molecular weight is 98.1 g/mol. The summed E-state index contributed by atoms with van der Waals surface area (Å²) in [5, 5.41) is 6.79. The van der Waals surface area contributed by atoms with Gasteiger partial charge in [-0.25, -0.2) is 0 Å². The Morgan fingerprint density at radius 2 is 1.57 bits per heavy atom. The van der Waals surface area contributed by atoms with Crippen molar-refractivity contribution in [1.29, 1.82) is 0 Å². The SMILES string of the molecule is C1CNC2(CC2)N1. The fourth-order valence-electron chi connectivity index (χ4n) is 1.14. The lowest BCUT2D eigenvalue weighted by Gasteiger charge is -2.02. The van der Waals surface area contributed by atoms with E-state index in [1.807, 2.05) is 0 Å². The number of hydrogen-bond donors (Lipinski definition) is 2. The molecule has 2 heteroatoms. The van der Waals surface area contributed by atoms with Gasteiger partial charge in [-0.1, -0.05) is 0 Å². The molecule has 2 aliphatic rings. The van der Waals surface area contributed by atoms with Crippen molar-refractivity contribution in [3.05, 3.63) is 0 Å². The molecule has 0 amide bonds. The third kappa shape index (κ3) is 0.469. The van der Waals surface area contributed by atoms with Gasteiger partial charge in [0.25, 0.3) is 0 Å². The summed E-state index contributed by atoms with van der Waals surface area (Å²) in [6.45, 7) is 2.33. The van der Waals surface area contributed by atoms with Crippen LogP contribution in [0.25, 0.3) is 0 Å². The lowest BCUT2D eigenvalue weighted by molar-refractivity contribution is 0.542. The van der Waals surface area contributed by atoms with Gasteiger partial charge < -0.3 is 0 Å². The summed E-state index contributed by atoms with van der Waals surface area (Å²) in [7, 11) is 0. The molecule has 0 unspecified atom stereocenters. The van der Waals surface area contributed by atoms with Crippen molar-refractivity contribution in [1.82, 2.24) is 10.6 Å². The van der Waals surface area contributed by atoms with Gasteiger partial charge >= 0.3 is 0 Å². The predicted octanol–water partition coefficient (Wildman–Crippen LogP) is -0.331. The molecule has 40 valence electrons. The van der Waals surface area contributed by atoms with Crippen molar-refractivity contribution in [2.75, 3.05) is 13.1 Å². The van der Waals surface area contributed by atoms with Crippen LogP contribution >= 0.6 is 0 Å². The van der Waals surface area contributed by atoms with Gasteiger partial charge in [0.2, 0.25) is 0 Å². The zero-order valence-electron chi connectivity index (χ0n) is 4.33. The van der Waals surface area contributed by atoms with Crippen LogP contribution in [0.4, 0.5) is 0 Å². The van der Waals surface area contributed by atoms with Crippen molar-refractivity contribution in [2.24, 2.45) is 0 Å². The first kappa shape index (κ1) is 3.87. The van der Waals surface area contributed by atoms with E-state index in [1.165, 1.54) is 25.9 Å². The second kappa shape index (κ2) is 1.01. The van der Waals surface area contributed by atoms with E-state index in [-0.39, 0.29) is 0 Å². The Hall–Kier alpha value is -0.0800. The maximum absolute atomic E-state index is 3.40. The molecule has 0 atom stereocenters. The summed E-state index contributed by atoms with van der Waals surface area (Å²) in [5.41, 5.74) is 0.444. The third-order valence-corrected chi connectivity index (χ3v) is 1.80. The molecule has 7 heavy (non-hydrogen) atoms. The lowest BCUT2D eigenvalue weighted by Crippen LogP contribution is -2.32. The van der Waals surface area contributed by atoms with Crippen molar-refractivity contribution in [2.45, 2.75) is 18.5 Å². The second-order valence-electron chi connectivity index (χ2n) is 2.44. The van der Waals surface area contributed by atoms with Gasteiger partial charge in [-0.3, -0.25) is 10.6 Å². The first-order valence-corrected chi connectivity index (χ1v) is 2.91. The van der Waals surface area contributed by atoms with Crippen molar-refractivity contribution >= 4 is 0 Å². The Morgan fingerprint density at radius 3 is 1.86 bits per heavy atom. The maximum Gasteiger partial charge on any atom is 0.0690 e. The molecule has 0 bridgehead atoms. The summed E-state index contributed by atoms with van der Waals surface area (Å²) in [5.74, 6) is 0. The van der Waals surface area contributed by atoms with Gasteiger partial charge in [-0.2, -0.15) is 0 Å². The molecule has 2 fully saturated rings. The number of hydrogen-bond acceptors (Lipinski definition) is 2. The highest BCUT2D eigenvalue weighted by Gasteiger charge is 2.44. The van der Waals surface area contributed by atoms with Crippen LogP contribution in [0.2, 0.25) is 0 Å². The first-order valence-electron chi connectivity index (χ1n) is 2.91. The molecular weight excluding hydrogens is 88.1 g/mol. The lowest BCUT2D eigenvalue weighted by atomic mass is 10.5. The molecule has 2 N–H and O–H groups in total. The summed E-state index contributed by atoms with van der Waals surface area (Å²) in [4.78, 5) is 0. The van der Waals surface area contributed by atoms with E-state index in [4.69, 9.17) is 0 Å². The minimum absolute atomic E-state index is 0.444. The molecule has 0 aromatic carbocycles. The molecule has 1 aliphatic heterocycles. The Balaban J connectivity index is 2.07. The fourth-order valence-corrected chi connectivity index (χ4v) is 1.14. The van der Waals surface area contributed by atoms with Crippen LogP contribution in [-0.2, 0) is 0 Å². The minimum Gasteiger partial charge on any atom is -0.298 e. The van der Waals surface area contributed by atoms with Crippen molar-refractivity contribution in [3.63, 3.8) is 0 Å². The summed E-state index contributed by atoms with van der Waals surface area (Å²) in [6.07, 6.45) is 2.68. The molecule has 1 saturated heterocycles. The Bertz CT molecular complexity index is 78.1. The molecule has 1 spiro atoms. The van der Waals surface area contributed by atoms with Gasteiger partial charge in [0.15, 0.2) is 0 Å². The molecule has 0 radical (unpaired) electrons. The predicted molar refractivity (Wildman–Crippen MR) is 28.0 cm³/mol. The van der Waals surface area contributed by atoms with Crippen LogP contribution in [0, 0.1) is 0 Å². The van der Waals surface area contributed by atoms with E-state index < -0.39 is 0 Å². The molecular formula is C5H10N2. The Labute approximate surface area is 43.3 Å². The van der Waals surface area contributed by atoms with Crippen LogP contribution in [-0.4, -0.2) is 18.8 Å². The first-order chi connectivity index (χ1) is 3.41. The Morgan fingerprint density at radius 1 is 1.00 bits per heavy atom. The van der Waals surface area contributed by atoms with E-state index in [0.29, 0.717) is 5.66 Å². The fraction of sp³-hybridized carbons (Fsp3) is 1.00. The summed E-state index contributed by atoms with van der Waals surface area (Å²) in [6, 6.07) is 0. The van der Waals surface area contributed by atoms with E-state index in [2.05, 4.69) is 10.6 Å². The van der Waals surface area contributed by atoms with Gasteiger partial charge in [0.05, 0.1) is 5.66 Å². The van der Waals surface area contributed by atoms with E-state index in [9.17, 15) is 0 Å². The van der Waals surface area contributed by atoms with Crippen LogP contribution in [0.15, 0.2) is 0 Å². The zero-order valence-corrected chi connectivity index (χ0v) is 4.33. The molecule has 1 saturated carbocycles. The second-order valence-corrected chi connectivity index (χ2v) is 2.44. The minimum atomic E-state index is 0.444. The van der Waals surface area contributed by atoms with E-state index in [1.54, 1.807) is 0 Å². The van der Waals surface area contributed by atoms with Crippen LogP contribution in [0.1, 0.15) is 12.8 Å². The van der Waals surface area contributed by atoms with Gasteiger partial charge in [0.1, 0.15) is 0 Å². The molecule has 1 aliphatic carbocycles. The van der Waals surface area contributed by atoms with E-state index >= 15 is 0 Å².